The molecule has 0 radical (unpaired) electrons. The van der Waals surface area contributed by atoms with Gasteiger partial charge in [0.05, 0.1) is 16.1 Å². The SMILES string of the molecule is O=C(NNC(=O)c1c(O)c(=O)[nH]c2ccccc12)c1ccccc1Cl. The van der Waals surface area contributed by atoms with Gasteiger partial charge in [-0.25, -0.2) is 0 Å². The predicted molar refractivity (Wildman–Crippen MR) is 92.6 cm³/mol. The fourth-order valence-electron chi connectivity index (χ4n) is 2.35. The molecule has 25 heavy (non-hydrogen) atoms. The number of para-hydroxylation sites is 1. The van der Waals surface area contributed by atoms with E-state index < -0.39 is 23.1 Å². The van der Waals surface area contributed by atoms with Crippen molar-refractivity contribution in [2.45, 2.75) is 0 Å². The van der Waals surface area contributed by atoms with Crippen LogP contribution in [0.4, 0.5) is 0 Å². The van der Waals surface area contributed by atoms with Gasteiger partial charge in [0.1, 0.15) is 0 Å². The Morgan fingerprint density at radius 2 is 1.60 bits per heavy atom. The predicted octanol–water partition coefficient (Wildman–Crippen LogP) is 1.96. The lowest BCUT2D eigenvalue weighted by Gasteiger charge is -2.11. The number of halogens is 1. The van der Waals surface area contributed by atoms with Crippen LogP contribution in [0.1, 0.15) is 20.7 Å². The molecule has 8 heteroatoms. The van der Waals surface area contributed by atoms with Crippen molar-refractivity contribution in [1.82, 2.24) is 15.8 Å². The Balaban J connectivity index is 1.89. The monoisotopic (exact) mass is 357 g/mol. The molecule has 0 unspecified atom stereocenters. The maximum Gasteiger partial charge on any atom is 0.291 e. The van der Waals surface area contributed by atoms with Crippen LogP contribution in [-0.4, -0.2) is 21.9 Å². The first kappa shape index (κ1) is 16.5. The number of H-pyrrole nitrogens is 1. The second kappa shape index (κ2) is 6.66. The van der Waals surface area contributed by atoms with E-state index in [-0.39, 0.29) is 16.1 Å². The third-order valence-corrected chi connectivity index (χ3v) is 3.86. The van der Waals surface area contributed by atoms with Crippen LogP contribution in [0.15, 0.2) is 53.3 Å². The van der Waals surface area contributed by atoms with Crippen LogP contribution in [0.5, 0.6) is 5.75 Å². The molecule has 0 spiro atoms. The molecule has 0 aliphatic rings. The van der Waals surface area contributed by atoms with Crippen molar-refractivity contribution in [2.75, 3.05) is 0 Å². The van der Waals surface area contributed by atoms with Gasteiger partial charge in [-0.2, -0.15) is 0 Å². The molecule has 0 atom stereocenters. The van der Waals surface area contributed by atoms with Crippen molar-refractivity contribution in [2.24, 2.45) is 0 Å². The van der Waals surface area contributed by atoms with E-state index in [0.717, 1.165) is 0 Å². The van der Waals surface area contributed by atoms with Gasteiger partial charge in [-0.3, -0.25) is 25.2 Å². The molecule has 126 valence electrons. The van der Waals surface area contributed by atoms with Crippen LogP contribution >= 0.6 is 11.6 Å². The zero-order valence-electron chi connectivity index (χ0n) is 12.7. The number of hydrazine groups is 1. The van der Waals surface area contributed by atoms with Gasteiger partial charge in [0, 0.05) is 10.9 Å². The number of benzene rings is 2. The Morgan fingerprint density at radius 3 is 2.36 bits per heavy atom. The highest BCUT2D eigenvalue weighted by Gasteiger charge is 2.19. The molecule has 0 aliphatic carbocycles. The van der Waals surface area contributed by atoms with Gasteiger partial charge in [0.25, 0.3) is 17.4 Å². The van der Waals surface area contributed by atoms with Crippen LogP contribution in [0.2, 0.25) is 5.02 Å². The lowest BCUT2D eigenvalue weighted by Crippen LogP contribution is -2.42. The standard InChI is InChI=1S/C17H12ClN3O4/c18-11-7-3-1-5-9(11)15(23)20-21-16(24)13-10-6-2-4-8-12(10)19-17(25)14(13)22/h1-8,22H,(H,19,25)(H,20,23)(H,21,24). The Hall–Kier alpha value is -3.32. The van der Waals surface area contributed by atoms with Crippen molar-refractivity contribution in [3.63, 3.8) is 0 Å². The summed E-state index contributed by atoms with van der Waals surface area (Å²) in [5.74, 6) is -2.20. The number of rotatable bonds is 2. The highest BCUT2D eigenvalue weighted by Crippen LogP contribution is 2.21. The van der Waals surface area contributed by atoms with E-state index in [0.29, 0.717) is 10.9 Å². The van der Waals surface area contributed by atoms with Crippen molar-refractivity contribution in [3.8, 4) is 5.75 Å². The number of hydrogen-bond acceptors (Lipinski definition) is 4. The Bertz CT molecular complexity index is 1050. The third-order valence-electron chi connectivity index (χ3n) is 3.53. The molecule has 3 rings (SSSR count). The maximum absolute atomic E-state index is 12.4. The molecule has 0 bridgehead atoms. The first-order valence-electron chi connectivity index (χ1n) is 7.18. The van der Waals surface area contributed by atoms with Crippen molar-refractivity contribution in [3.05, 3.63) is 75.0 Å². The fourth-order valence-corrected chi connectivity index (χ4v) is 2.57. The minimum atomic E-state index is -0.833. The number of carbonyl (C=O) groups excluding carboxylic acids is 2. The lowest BCUT2D eigenvalue weighted by molar-refractivity contribution is 0.0846. The first-order valence-corrected chi connectivity index (χ1v) is 7.56. The lowest BCUT2D eigenvalue weighted by atomic mass is 10.1. The molecule has 0 saturated carbocycles. The van der Waals surface area contributed by atoms with Crippen LogP contribution in [0.3, 0.4) is 0 Å². The average Bonchev–Trinajstić information content (AvgIpc) is 2.61. The van der Waals surface area contributed by atoms with Crippen molar-refractivity contribution >= 4 is 34.3 Å². The summed E-state index contributed by atoms with van der Waals surface area (Å²) in [5, 5.41) is 10.5. The third kappa shape index (κ3) is 3.17. The van der Waals surface area contributed by atoms with Gasteiger partial charge in [-0.05, 0) is 18.2 Å². The van der Waals surface area contributed by atoms with Crippen molar-refractivity contribution < 1.29 is 14.7 Å². The number of aromatic hydroxyl groups is 1. The summed E-state index contributed by atoms with van der Waals surface area (Å²) < 4.78 is 0. The van der Waals surface area contributed by atoms with Crippen molar-refractivity contribution in [1.29, 1.82) is 0 Å². The second-order valence-electron chi connectivity index (χ2n) is 5.11. The van der Waals surface area contributed by atoms with E-state index in [9.17, 15) is 19.5 Å². The normalized spacial score (nSPS) is 10.4. The van der Waals surface area contributed by atoms with E-state index >= 15 is 0 Å². The van der Waals surface area contributed by atoms with E-state index in [4.69, 9.17) is 11.6 Å². The average molecular weight is 358 g/mol. The van der Waals surface area contributed by atoms with Gasteiger partial charge in [-0.15, -0.1) is 0 Å². The summed E-state index contributed by atoms with van der Waals surface area (Å²) >= 11 is 5.92. The summed E-state index contributed by atoms with van der Waals surface area (Å²) in [6, 6.07) is 12.8. The number of nitrogens with one attached hydrogen (secondary N) is 3. The number of aromatic nitrogens is 1. The molecular weight excluding hydrogens is 346 g/mol. The topological polar surface area (TPSA) is 111 Å². The number of amides is 2. The van der Waals surface area contributed by atoms with Crippen LogP contribution in [0.25, 0.3) is 10.9 Å². The molecule has 0 aliphatic heterocycles. The minimum absolute atomic E-state index is 0.171. The smallest absolute Gasteiger partial charge is 0.291 e. The summed E-state index contributed by atoms with van der Waals surface area (Å²) in [7, 11) is 0. The zero-order chi connectivity index (χ0) is 18.0. The molecule has 7 nitrogen and oxygen atoms in total. The number of hydrogen-bond donors (Lipinski definition) is 4. The largest absolute Gasteiger partial charge is 0.502 e. The Kier molecular flexibility index (Phi) is 4.40. The number of fused-ring (bicyclic) bond motifs is 1. The highest BCUT2D eigenvalue weighted by atomic mass is 35.5. The quantitative estimate of drug-likeness (QED) is 0.525. The number of carbonyl (C=O) groups is 2. The van der Waals surface area contributed by atoms with Gasteiger partial charge >= 0.3 is 0 Å². The van der Waals surface area contributed by atoms with Crippen LogP contribution < -0.4 is 16.4 Å². The molecule has 0 fully saturated rings. The summed E-state index contributed by atoms with van der Waals surface area (Å²) in [5.41, 5.74) is 3.89. The molecule has 4 N–H and O–H groups in total. The van der Waals surface area contributed by atoms with Gasteiger partial charge in [0.2, 0.25) is 0 Å². The number of aromatic amines is 1. The van der Waals surface area contributed by atoms with E-state index in [1.54, 1.807) is 36.4 Å². The maximum atomic E-state index is 12.4. The molecule has 1 aromatic heterocycles. The van der Waals surface area contributed by atoms with Gasteiger partial charge < -0.3 is 10.1 Å². The Morgan fingerprint density at radius 1 is 0.960 bits per heavy atom. The molecule has 1 heterocycles. The molecule has 2 amide bonds. The zero-order valence-corrected chi connectivity index (χ0v) is 13.4. The highest BCUT2D eigenvalue weighted by molar-refractivity contribution is 6.33. The van der Waals surface area contributed by atoms with Crippen LogP contribution in [0, 0.1) is 0 Å². The van der Waals surface area contributed by atoms with Crippen LogP contribution in [-0.2, 0) is 0 Å². The first-order chi connectivity index (χ1) is 12.0. The van der Waals surface area contributed by atoms with E-state index in [2.05, 4.69) is 15.8 Å². The second-order valence-corrected chi connectivity index (χ2v) is 5.52. The molecule has 2 aromatic carbocycles. The van der Waals surface area contributed by atoms with E-state index in [1.165, 1.54) is 12.1 Å². The molecule has 3 aromatic rings. The molecular formula is C17H12ClN3O4. The summed E-state index contributed by atoms with van der Waals surface area (Å²) in [4.78, 5) is 38.7. The summed E-state index contributed by atoms with van der Waals surface area (Å²) in [6.07, 6.45) is 0. The molecule has 0 saturated heterocycles. The Labute approximate surface area is 146 Å². The van der Waals surface area contributed by atoms with E-state index in [1.807, 2.05) is 0 Å². The fraction of sp³-hybridized carbons (Fsp3) is 0. The van der Waals surface area contributed by atoms with Gasteiger partial charge in [0.15, 0.2) is 5.75 Å². The minimum Gasteiger partial charge on any atom is -0.502 e. The summed E-state index contributed by atoms with van der Waals surface area (Å²) in [6.45, 7) is 0. The van der Waals surface area contributed by atoms with Gasteiger partial charge in [-0.1, -0.05) is 41.9 Å². The number of pyridine rings is 1.